The van der Waals surface area contributed by atoms with Gasteiger partial charge in [0.25, 0.3) is 0 Å². The molecule has 6 aromatic rings. The van der Waals surface area contributed by atoms with E-state index in [1.165, 1.54) is 5.56 Å². The van der Waals surface area contributed by atoms with Crippen LogP contribution in [-0.2, 0) is 17.3 Å². The highest BCUT2D eigenvalue weighted by molar-refractivity contribution is 9.10. The standard InChI is InChI=1S/C48H48BrN7O/c1-29-10-11-36(46-32(4)54-57-33(46)5)23-43(29)56(7)40-18-19-41(42(49)25-40)48(28-51)26-38(48)22-34-12-13-35(45-30(2)52-53-31(45)3)24-44(34)55(6)39-16-14-37(15-17-39)47(27-50)20-8-9-21-47/h10-19,23-25,38H,8-9,20-22,26H2,1-7H3,(H,52,53). The van der Waals surface area contributed by atoms with E-state index >= 15 is 0 Å². The summed E-state index contributed by atoms with van der Waals surface area (Å²) < 4.78 is 6.41. The zero-order valence-electron chi connectivity index (χ0n) is 33.8. The van der Waals surface area contributed by atoms with Crippen LogP contribution in [0.2, 0.25) is 0 Å². The Hall–Kier alpha value is -5.64. The first kappa shape index (κ1) is 38.2. The molecule has 2 heterocycles. The van der Waals surface area contributed by atoms with Crippen molar-refractivity contribution in [2.75, 3.05) is 23.9 Å². The van der Waals surface area contributed by atoms with Crippen molar-refractivity contribution in [2.24, 2.45) is 5.92 Å². The third kappa shape index (κ3) is 6.62. The molecule has 8 rings (SSSR count). The zero-order chi connectivity index (χ0) is 40.2. The molecule has 2 fully saturated rings. The van der Waals surface area contributed by atoms with Gasteiger partial charge >= 0.3 is 0 Å². The molecule has 2 unspecified atom stereocenters. The summed E-state index contributed by atoms with van der Waals surface area (Å²) in [5.74, 6) is 0.949. The summed E-state index contributed by atoms with van der Waals surface area (Å²) in [7, 11) is 4.20. The second-order valence-corrected chi connectivity index (χ2v) is 17.1. The summed E-state index contributed by atoms with van der Waals surface area (Å²) in [5, 5.41) is 32.8. The smallest absolute Gasteiger partial charge is 0.141 e. The van der Waals surface area contributed by atoms with Crippen molar-refractivity contribution >= 4 is 38.7 Å². The Bertz CT molecular complexity index is 2540. The number of nitriles is 2. The molecule has 2 aliphatic carbocycles. The van der Waals surface area contributed by atoms with Crippen LogP contribution >= 0.6 is 15.9 Å². The number of hydrogen-bond donors (Lipinski definition) is 1. The van der Waals surface area contributed by atoms with Crippen molar-refractivity contribution in [3.8, 4) is 34.4 Å². The number of aromatic nitrogens is 3. The van der Waals surface area contributed by atoms with Crippen molar-refractivity contribution in [1.82, 2.24) is 15.4 Å². The summed E-state index contributed by atoms with van der Waals surface area (Å²) in [6, 6.07) is 33.5. The fraction of sp³-hybridized carbons (Fsp3) is 0.333. The molecule has 0 bridgehead atoms. The zero-order valence-corrected chi connectivity index (χ0v) is 35.4. The Kier molecular flexibility index (Phi) is 9.86. The van der Waals surface area contributed by atoms with Gasteiger partial charge in [-0.15, -0.1) is 0 Å². The number of aryl methyl sites for hydroxylation is 5. The number of rotatable bonds is 10. The SMILES string of the molecule is Cc1ccc(-c2c(C)noc2C)cc1N(C)c1ccc(C2(C#N)CC2Cc2ccc(-c3c(C)n[nH]c3C)cc2N(C)c2ccc(C3(C#N)CCCC3)cc2)c(Br)c1. The third-order valence-electron chi connectivity index (χ3n) is 12.8. The Morgan fingerprint density at radius 3 is 2.09 bits per heavy atom. The maximum atomic E-state index is 10.8. The van der Waals surface area contributed by atoms with Gasteiger partial charge in [-0.05, 0) is 136 Å². The number of aromatic amines is 1. The van der Waals surface area contributed by atoms with E-state index in [1.54, 1.807) is 0 Å². The predicted octanol–water partition coefficient (Wildman–Crippen LogP) is 11.9. The van der Waals surface area contributed by atoms with Crippen LogP contribution in [0.25, 0.3) is 22.3 Å². The van der Waals surface area contributed by atoms with Gasteiger partial charge in [0.2, 0.25) is 0 Å². The molecule has 2 aromatic heterocycles. The molecule has 288 valence electrons. The number of benzene rings is 4. The van der Waals surface area contributed by atoms with Crippen LogP contribution < -0.4 is 9.80 Å². The topological polar surface area (TPSA) is 109 Å². The minimum absolute atomic E-state index is 0.145. The highest BCUT2D eigenvalue weighted by Crippen LogP contribution is 2.58. The largest absolute Gasteiger partial charge is 0.361 e. The van der Waals surface area contributed by atoms with Gasteiger partial charge in [0.05, 0.1) is 34.4 Å². The number of nitrogens with one attached hydrogen (secondary N) is 1. The molecule has 2 atom stereocenters. The first-order chi connectivity index (χ1) is 27.4. The van der Waals surface area contributed by atoms with Crippen LogP contribution in [-0.4, -0.2) is 29.4 Å². The van der Waals surface area contributed by atoms with Crippen LogP contribution in [0.1, 0.15) is 77.2 Å². The maximum absolute atomic E-state index is 10.8. The second-order valence-electron chi connectivity index (χ2n) is 16.3. The molecule has 9 heteroatoms. The maximum Gasteiger partial charge on any atom is 0.141 e. The van der Waals surface area contributed by atoms with Crippen LogP contribution in [0.15, 0.2) is 87.9 Å². The number of anilines is 4. The molecule has 1 N–H and O–H groups in total. The van der Waals surface area contributed by atoms with Gasteiger partial charge in [0.1, 0.15) is 5.76 Å². The van der Waals surface area contributed by atoms with Crippen molar-refractivity contribution < 1.29 is 4.52 Å². The van der Waals surface area contributed by atoms with E-state index in [4.69, 9.17) is 4.52 Å². The first-order valence-electron chi connectivity index (χ1n) is 19.8. The van der Waals surface area contributed by atoms with Crippen molar-refractivity contribution in [2.45, 2.75) is 84.0 Å². The number of halogens is 1. The van der Waals surface area contributed by atoms with Gasteiger partial charge < -0.3 is 14.3 Å². The Morgan fingerprint density at radius 2 is 1.46 bits per heavy atom. The summed E-state index contributed by atoms with van der Waals surface area (Å²) in [6.45, 7) is 10.1. The summed E-state index contributed by atoms with van der Waals surface area (Å²) in [5.41, 5.74) is 15.0. The van der Waals surface area contributed by atoms with E-state index in [9.17, 15) is 10.5 Å². The molecule has 2 aliphatic rings. The molecule has 0 spiro atoms. The molecule has 8 nitrogen and oxygen atoms in total. The minimum atomic E-state index is -0.601. The van der Waals surface area contributed by atoms with Crippen molar-refractivity contribution in [3.05, 3.63) is 128 Å². The molecule has 2 saturated carbocycles. The summed E-state index contributed by atoms with van der Waals surface area (Å²) in [4.78, 5) is 4.45. The molecule has 0 radical (unpaired) electrons. The number of nitrogens with zero attached hydrogens (tertiary/aromatic N) is 6. The summed E-state index contributed by atoms with van der Waals surface area (Å²) >= 11 is 3.92. The quantitative estimate of drug-likeness (QED) is 0.147. The van der Waals surface area contributed by atoms with Crippen LogP contribution in [0.5, 0.6) is 0 Å². The van der Waals surface area contributed by atoms with Crippen molar-refractivity contribution in [3.63, 3.8) is 0 Å². The molecular weight excluding hydrogens is 770 g/mol. The molecule has 0 aliphatic heterocycles. The van der Waals surface area contributed by atoms with Gasteiger partial charge in [0.15, 0.2) is 0 Å². The average Bonchev–Trinajstić information content (AvgIpc) is 3.46. The molecule has 0 amide bonds. The van der Waals surface area contributed by atoms with Crippen LogP contribution in [0, 0.1) is 63.2 Å². The lowest BCUT2D eigenvalue weighted by molar-refractivity contribution is 0.393. The third-order valence-corrected chi connectivity index (χ3v) is 13.5. The number of H-pyrrole nitrogens is 1. The van der Waals surface area contributed by atoms with Crippen LogP contribution in [0.3, 0.4) is 0 Å². The number of hydrogen-bond acceptors (Lipinski definition) is 7. The highest BCUT2D eigenvalue weighted by atomic mass is 79.9. The van der Waals surface area contributed by atoms with E-state index in [2.05, 4.69) is 160 Å². The lowest BCUT2D eigenvalue weighted by Gasteiger charge is -2.26. The predicted molar refractivity (Wildman–Crippen MR) is 231 cm³/mol. The second kappa shape index (κ2) is 14.7. The summed E-state index contributed by atoms with van der Waals surface area (Å²) in [6.07, 6.45) is 5.58. The monoisotopic (exact) mass is 817 g/mol. The average molecular weight is 819 g/mol. The van der Waals surface area contributed by atoms with Gasteiger partial charge in [-0.2, -0.15) is 15.6 Å². The Labute approximate surface area is 344 Å². The van der Waals surface area contributed by atoms with Gasteiger partial charge in [0, 0.05) is 58.1 Å². The molecule has 0 saturated heterocycles. The lowest BCUT2D eigenvalue weighted by atomic mass is 9.80. The fourth-order valence-corrected chi connectivity index (χ4v) is 10.1. The molecule has 4 aromatic carbocycles. The highest BCUT2D eigenvalue weighted by Gasteiger charge is 2.57. The van der Waals surface area contributed by atoms with Gasteiger partial charge in [-0.25, -0.2) is 0 Å². The van der Waals surface area contributed by atoms with E-state index in [0.29, 0.717) is 0 Å². The first-order valence-corrected chi connectivity index (χ1v) is 20.6. The van der Waals surface area contributed by atoms with Gasteiger partial charge in [-0.1, -0.05) is 76.4 Å². The van der Waals surface area contributed by atoms with Gasteiger partial charge in [-0.3, -0.25) is 5.10 Å². The Morgan fingerprint density at radius 1 is 0.789 bits per heavy atom. The lowest BCUT2D eigenvalue weighted by Crippen LogP contribution is -2.19. The molecular formula is C48H48BrN7O. The van der Waals surface area contributed by atoms with Crippen LogP contribution in [0.4, 0.5) is 22.7 Å². The Balaban J connectivity index is 1.09. The van der Waals surface area contributed by atoms with E-state index in [0.717, 1.165) is 128 Å². The van der Waals surface area contributed by atoms with E-state index in [1.807, 2.05) is 20.8 Å². The van der Waals surface area contributed by atoms with Crippen molar-refractivity contribution in [1.29, 1.82) is 10.5 Å². The normalized spacial score (nSPS) is 18.2. The minimum Gasteiger partial charge on any atom is -0.361 e. The fourth-order valence-electron chi connectivity index (χ4n) is 9.37. The van der Waals surface area contributed by atoms with E-state index < -0.39 is 5.41 Å². The molecule has 57 heavy (non-hydrogen) atoms. The van der Waals surface area contributed by atoms with E-state index in [-0.39, 0.29) is 11.3 Å².